The summed E-state index contributed by atoms with van der Waals surface area (Å²) < 4.78 is 12.6. The van der Waals surface area contributed by atoms with Crippen LogP contribution in [0.25, 0.3) is 0 Å². The maximum atomic E-state index is 12.6. The van der Waals surface area contributed by atoms with Crippen molar-refractivity contribution in [3.8, 4) is 0 Å². The first-order valence-electron chi connectivity index (χ1n) is 4.94. The van der Waals surface area contributed by atoms with Crippen molar-refractivity contribution in [3.63, 3.8) is 0 Å². The number of halogens is 1. The number of piperazine rings is 1. The van der Waals surface area contributed by atoms with Crippen molar-refractivity contribution in [2.75, 3.05) is 26.3 Å². The van der Waals surface area contributed by atoms with E-state index in [0.717, 1.165) is 19.6 Å². The number of nitrogens with zero attached hydrogens (tertiary/aromatic N) is 1. The lowest BCUT2D eigenvalue weighted by Gasteiger charge is -2.44. The van der Waals surface area contributed by atoms with Gasteiger partial charge in [0.15, 0.2) is 0 Å². The van der Waals surface area contributed by atoms with Crippen molar-refractivity contribution >= 4 is 0 Å². The molecule has 2 nitrogen and oxygen atoms in total. The minimum atomic E-state index is -0.191. The molecule has 0 amide bonds. The predicted octanol–water partition coefficient (Wildman–Crippen LogP) is 0.782. The summed E-state index contributed by atoms with van der Waals surface area (Å²) in [5, 5.41) is 3.30. The van der Waals surface area contributed by atoms with Gasteiger partial charge in [-0.15, -0.1) is 0 Å². The van der Waals surface area contributed by atoms with E-state index in [-0.39, 0.29) is 12.7 Å². The smallest absolute Gasteiger partial charge is 0.106 e. The van der Waals surface area contributed by atoms with Gasteiger partial charge in [0.1, 0.15) is 6.67 Å². The van der Waals surface area contributed by atoms with Crippen LogP contribution in [0.3, 0.4) is 0 Å². The van der Waals surface area contributed by atoms with Crippen LogP contribution in [0.1, 0.15) is 19.3 Å². The molecule has 0 aromatic carbocycles. The molecule has 70 valence electrons. The number of fused-ring (bicyclic) bond motifs is 1. The van der Waals surface area contributed by atoms with Crippen molar-refractivity contribution in [3.05, 3.63) is 0 Å². The van der Waals surface area contributed by atoms with Gasteiger partial charge in [-0.2, -0.15) is 0 Å². The van der Waals surface area contributed by atoms with Gasteiger partial charge in [-0.3, -0.25) is 4.90 Å². The normalized spacial score (nSPS) is 37.8. The van der Waals surface area contributed by atoms with E-state index in [4.69, 9.17) is 0 Å². The molecule has 2 unspecified atom stereocenters. The van der Waals surface area contributed by atoms with Gasteiger partial charge in [0, 0.05) is 19.1 Å². The molecule has 2 fully saturated rings. The van der Waals surface area contributed by atoms with Crippen molar-refractivity contribution in [1.29, 1.82) is 0 Å². The first kappa shape index (κ1) is 8.45. The molecule has 2 heterocycles. The van der Waals surface area contributed by atoms with Gasteiger partial charge in [-0.25, -0.2) is 4.39 Å². The Kier molecular flexibility index (Phi) is 2.61. The fourth-order valence-electron chi connectivity index (χ4n) is 2.40. The molecule has 2 saturated heterocycles. The highest BCUT2D eigenvalue weighted by molar-refractivity contribution is 4.89. The zero-order valence-corrected chi connectivity index (χ0v) is 7.43. The number of piperidine rings is 1. The summed E-state index contributed by atoms with van der Waals surface area (Å²) in [5.74, 6) is 0. The van der Waals surface area contributed by atoms with E-state index < -0.39 is 0 Å². The molecule has 2 aliphatic rings. The molecule has 1 N–H and O–H groups in total. The van der Waals surface area contributed by atoms with Crippen LogP contribution in [0.4, 0.5) is 4.39 Å². The van der Waals surface area contributed by atoms with Gasteiger partial charge >= 0.3 is 0 Å². The largest absolute Gasteiger partial charge is 0.314 e. The van der Waals surface area contributed by atoms with Crippen molar-refractivity contribution < 1.29 is 4.39 Å². The molecule has 2 rings (SSSR count). The van der Waals surface area contributed by atoms with Crippen molar-refractivity contribution in [2.24, 2.45) is 0 Å². The molecule has 0 aliphatic carbocycles. The minimum Gasteiger partial charge on any atom is -0.314 e. The second-order valence-corrected chi connectivity index (χ2v) is 3.85. The Bertz CT molecular complexity index is 143. The van der Waals surface area contributed by atoms with E-state index in [0.29, 0.717) is 6.04 Å². The zero-order valence-electron chi connectivity index (χ0n) is 7.43. The van der Waals surface area contributed by atoms with Crippen LogP contribution >= 0.6 is 0 Å². The Morgan fingerprint density at radius 1 is 1.33 bits per heavy atom. The summed E-state index contributed by atoms with van der Waals surface area (Å²) in [7, 11) is 0. The van der Waals surface area contributed by atoms with Crippen LogP contribution in [0.2, 0.25) is 0 Å². The summed E-state index contributed by atoms with van der Waals surface area (Å²) in [6, 6.07) is 0.775. The first-order valence-corrected chi connectivity index (χ1v) is 4.94. The second-order valence-electron chi connectivity index (χ2n) is 3.85. The number of alkyl halides is 1. The van der Waals surface area contributed by atoms with Gasteiger partial charge in [0.05, 0.1) is 6.04 Å². The van der Waals surface area contributed by atoms with Crippen LogP contribution in [0, 0.1) is 0 Å². The predicted molar refractivity (Wildman–Crippen MR) is 47.0 cm³/mol. The maximum Gasteiger partial charge on any atom is 0.106 e. The third-order valence-electron chi connectivity index (χ3n) is 3.08. The Labute approximate surface area is 73.1 Å². The van der Waals surface area contributed by atoms with Gasteiger partial charge in [-0.05, 0) is 19.4 Å². The third kappa shape index (κ3) is 1.48. The lowest BCUT2D eigenvalue weighted by atomic mass is 9.97. The quantitative estimate of drug-likeness (QED) is 0.629. The molecule has 0 bridgehead atoms. The summed E-state index contributed by atoms with van der Waals surface area (Å²) in [4.78, 5) is 2.36. The maximum absolute atomic E-state index is 12.6. The second kappa shape index (κ2) is 3.71. The molecule has 0 aromatic rings. The number of hydrogen-bond donors (Lipinski definition) is 1. The molecular weight excluding hydrogens is 155 g/mol. The number of rotatable bonds is 1. The Balaban J connectivity index is 1.99. The highest BCUT2D eigenvalue weighted by atomic mass is 19.1. The van der Waals surface area contributed by atoms with Crippen LogP contribution in [0.5, 0.6) is 0 Å². The molecule has 0 aromatic heterocycles. The van der Waals surface area contributed by atoms with E-state index in [1.54, 1.807) is 0 Å². The summed E-state index contributed by atoms with van der Waals surface area (Å²) in [5.41, 5.74) is 0. The Morgan fingerprint density at radius 2 is 2.25 bits per heavy atom. The molecule has 0 spiro atoms. The van der Waals surface area contributed by atoms with Crippen LogP contribution in [0.15, 0.2) is 0 Å². The lowest BCUT2D eigenvalue weighted by molar-refractivity contribution is 0.0517. The molecule has 2 atom stereocenters. The van der Waals surface area contributed by atoms with E-state index in [2.05, 4.69) is 10.2 Å². The Hall–Kier alpha value is -0.150. The molecule has 0 radical (unpaired) electrons. The highest BCUT2D eigenvalue weighted by Crippen LogP contribution is 2.21. The van der Waals surface area contributed by atoms with Crippen molar-refractivity contribution in [1.82, 2.24) is 10.2 Å². The first-order chi connectivity index (χ1) is 5.92. The lowest BCUT2D eigenvalue weighted by Crippen LogP contribution is -2.59. The monoisotopic (exact) mass is 172 g/mol. The van der Waals surface area contributed by atoms with Gasteiger partial charge in [0.2, 0.25) is 0 Å². The molecular formula is C9H17FN2. The van der Waals surface area contributed by atoms with Crippen molar-refractivity contribution in [2.45, 2.75) is 31.3 Å². The highest BCUT2D eigenvalue weighted by Gasteiger charge is 2.31. The van der Waals surface area contributed by atoms with E-state index >= 15 is 0 Å². The van der Waals surface area contributed by atoms with E-state index in [1.165, 1.54) is 19.3 Å². The summed E-state index contributed by atoms with van der Waals surface area (Å²) in [6.45, 7) is 2.83. The molecule has 12 heavy (non-hydrogen) atoms. The molecule has 2 aliphatic heterocycles. The van der Waals surface area contributed by atoms with Crippen LogP contribution < -0.4 is 5.32 Å². The van der Waals surface area contributed by atoms with E-state index in [1.807, 2.05) is 0 Å². The van der Waals surface area contributed by atoms with E-state index in [9.17, 15) is 4.39 Å². The fourth-order valence-corrected chi connectivity index (χ4v) is 2.40. The van der Waals surface area contributed by atoms with Crippen LogP contribution in [-0.2, 0) is 0 Å². The zero-order chi connectivity index (χ0) is 8.39. The topological polar surface area (TPSA) is 15.3 Å². The number of nitrogens with one attached hydrogen (secondary N) is 1. The minimum absolute atomic E-state index is 0.157. The third-order valence-corrected chi connectivity index (χ3v) is 3.08. The fraction of sp³-hybridized carbons (Fsp3) is 1.00. The van der Waals surface area contributed by atoms with Gasteiger partial charge < -0.3 is 5.32 Å². The average Bonchev–Trinajstić information content (AvgIpc) is 2.17. The molecule has 3 heteroatoms. The number of hydrogen-bond acceptors (Lipinski definition) is 2. The summed E-state index contributed by atoms with van der Waals surface area (Å²) >= 11 is 0. The Morgan fingerprint density at radius 3 is 3.08 bits per heavy atom. The summed E-state index contributed by atoms with van der Waals surface area (Å²) in [6.07, 6.45) is 3.83. The van der Waals surface area contributed by atoms with Crippen LogP contribution in [-0.4, -0.2) is 43.3 Å². The standard InChI is InChI=1S/C9H17FN2/c10-5-9-7-11-6-8-3-1-2-4-12(8)9/h8-9,11H,1-7H2. The molecule has 0 saturated carbocycles. The van der Waals surface area contributed by atoms with Gasteiger partial charge in [-0.1, -0.05) is 6.42 Å². The SMILES string of the molecule is FCC1CNCC2CCCCN12. The van der Waals surface area contributed by atoms with Gasteiger partial charge in [0.25, 0.3) is 0 Å². The average molecular weight is 172 g/mol.